The van der Waals surface area contributed by atoms with Crippen LogP contribution in [0, 0.1) is 0 Å². The molecule has 0 aliphatic heterocycles. The molecule has 0 N–H and O–H groups in total. The minimum absolute atomic E-state index is 0.170. The molecule has 1 atom stereocenters. The fourth-order valence-corrected chi connectivity index (χ4v) is 3.73. The quantitative estimate of drug-likeness (QED) is 0.729. The summed E-state index contributed by atoms with van der Waals surface area (Å²) >= 11 is 0. The van der Waals surface area contributed by atoms with Gasteiger partial charge >= 0.3 is 23.7 Å². The zero-order valence-electron chi connectivity index (χ0n) is 11.1. The molecule has 12 heteroatoms. The molecule has 128 valence electrons. The normalized spacial score (nSPS) is 14.4. The lowest BCUT2D eigenvalue weighted by Gasteiger charge is -2.29. The Hall–Kier alpha value is -1.77. The van der Waals surface area contributed by atoms with E-state index in [1.54, 1.807) is 0 Å². The van der Waals surface area contributed by atoms with Crippen molar-refractivity contribution in [2.45, 2.75) is 18.0 Å². The van der Waals surface area contributed by atoms with Gasteiger partial charge in [0.05, 0.1) is 11.3 Å². The molecule has 0 bridgehead atoms. The van der Waals surface area contributed by atoms with Gasteiger partial charge in [0.2, 0.25) is 0 Å². The average molecular weight is 366 g/mol. The van der Waals surface area contributed by atoms with Crippen LogP contribution in [0.3, 0.4) is 0 Å². The molecule has 0 aliphatic rings. The second kappa shape index (κ2) is 5.12. The Balaban J connectivity index is 2.55. The van der Waals surface area contributed by atoms with Crippen LogP contribution in [0.25, 0.3) is 5.69 Å². The summed E-state index contributed by atoms with van der Waals surface area (Å²) in [7, 11) is -2.66. The van der Waals surface area contributed by atoms with Crippen LogP contribution < -0.4 is 5.69 Å². The molecule has 1 aromatic carbocycles. The van der Waals surface area contributed by atoms with Crippen LogP contribution in [0.4, 0.5) is 35.1 Å². The third kappa shape index (κ3) is 2.77. The van der Waals surface area contributed by atoms with Gasteiger partial charge in [-0.2, -0.15) is 35.1 Å². The van der Waals surface area contributed by atoms with Gasteiger partial charge in [0.15, 0.2) is 0 Å². The summed E-state index contributed by atoms with van der Waals surface area (Å²) in [6.45, 7) is 0. The first-order chi connectivity index (χ1) is 10.3. The second-order valence-corrected chi connectivity index (χ2v) is 6.63. The van der Waals surface area contributed by atoms with Gasteiger partial charge in [0, 0.05) is 7.05 Å². The number of rotatable bonds is 2. The van der Waals surface area contributed by atoms with Gasteiger partial charge in [-0.1, -0.05) is 0 Å². The number of benzene rings is 1. The third-order valence-corrected chi connectivity index (χ3v) is 5.24. The third-order valence-electron chi connectivity index (χ3n) is 2.96. The molecule has 0 saturated heterocycles. The fraction of sp³-hybridized carbons (Fsp3) is 0.364. The minimum Gasteiger partial charge on any atom is -0.268 e. The van der Waals surface area contributed by atoms with Crippen LogP contribution in [0.2, 0.25) is 0 Å². The average Bonchev–Trinajstić information content (AvgIpc) is 2.41. The van der Waals surface area contributed by atoms with Crippen LogP contribution >= 0.6 is 7.85 Å². The monoisotopic (exact) mass is 366 g/mol. The highest BCUT2D eigenvalue weighted by molar-refractivity contribution is 7.44. The van der Waals surface area contributed by atoms with Crippen molar-refractivity contribution in [2.24, 2.45) is 7.05 Å². The molecule has 0 fully saturated rings. The highest BCUT2D eigenvalue weighted by Crippen LogP contribution is 2.57. The van der Waals surface area contributed by atoms with Gasteiger partial charge in [0.25, 0.3) is 0 Å². The van der Waals surface area contributed by atoms with E-state index in [9.17, 15) is 39.9 Å². The van der Waals surface area contributed by atoms with Gasteiger partial charge in [-0.15, -0.1) is 0 Å². The van der Waals surface area contributed by atoms with E-state index in [4.69, 9.17) is 0 Å². The summed E-state index contributed by atoms with van der Waals surface area (Å²) in [6.07, 6.45) is -10.6. The van der Waals surface area contributed by atoms with Crippen molar-refractivity contribution in [2.75, 3.05) is 0 Å². The summed E-state index contributed by atoms with van der Waals surface area (Å²) in [6, 6.07) is 2.35. The van der Waals surface area contributed by atoms with Crippen molar-refractivity contribution in [1.82, 2.24) is 8.66 Å². The van der Waals surface area contributed by atoms with Crippen molar-refractivity contribution < 1.29 is 35.1 Å². The van der Waals surface area contributed by atoms with Crippen molar-refractivity contribution in [3.63, 3.8) is 0 Å². The van der Waals surface area contributed by atoms with Crippen molar-refractivity contribution in [1.29, 1.82) is 0 Å². The summed E-state index contributed by atoms with van der Waals surface area (Å²) in [4.78, 5) is 11.6. The molecule has 0 radical (unpaired) electrons. The molecule has 0 spiro atoms. The second-order valence-electron chi connectivity index (χ2n) is 4.49. The predicted molar refractivity (Wildman–Crippen MR) is 65.0 cm³/mol. The van der Waals surface area contributed by atoms with Crippen molar-refractivity contribution in [3.8, 4) is 5.69 Å². The van der Waals surface area contributed by atoms with E-state index >= 15 is 0 Å². The number of aromatic nitrogens is 2. The molecular formula is C11H7F8N2OP. The van der Waals surface area contributed by atoms with Gasteiger partial charge in [-0.05, 0) is 24.3 Å². The van der Waals surface area contributed by atoms with E-state index < -0.39 is 42.8 Å². The Morgan fingerprint density at radius 2 is 1.39 bits per heavy atom. The fourth-order valence-electron chi connectivity index (χ4n) is 1.83. The molecule has 2 rings (SSSR count). The maximum absolute atomic E-state index is 13.5. The lowest BCUT2D eigenvalue weighted by molar-refractivity contribution is -0.265. The number of alkyl halides is 8. The number of halogens is 8. The summed E-state index contributed by atoms with van der Waals surface area (Å²) in [5, 5.41) is 0. The maximum atomic E-state index is 13.5. The standard InChI is InChI=1S/C11H7F8N2OP/c1-20-8(22)21(23(20)11(18,19)10(15,16)17)7-4-2-6(3-5-7)9(12,13)14/h2-5H,1H3. The number of nitrogens with zero attached hydrogens (tertiary/aromatic N) is 2. The first-order valence-electron chi connectivity index (χ1n) is 5.78. The molecule has 1 unspecified atom stereocenters. The largest absolute Gasteiger partial charge is 0.464 e. The van der Waals surface area contributed by atoms with E-state index in [1.807, 2.05) is 0 Å². The molecule has 23 heavy (non-hydrogen) atoms. The van der Waals surface area contributed by atoms with E-state index in [2.05, 4.69) is 0 Å². The predicted octanol–water partition coefficient (Wildman–Crippen LogP) is 4.29. The smallest absolute Gasteiger partial charge is 0.268 e. The molecule has 2 aromatic rings. The Bertz CT molecular complexity index is 762. The van der Waals surface area contributed by atoms with Gasteiger partial charge in [-0.25, -0.2) is 9.12 Å². The zero-order valence-corrected chi connectivity index (χ0v) is 12.0. The zero-order chi connectivity index (χ0) is 17.8. The van der Waals surface area contributed by atoms with E-state index in [0.29, 0.717) is 24.3 Å². The minimum atomic E-state index is -5.89. The Kier molecular flexibility index (Phi) is 3.91. The summed E-state index contributed by atoms with van der Waals surface area (Å²) in [5.74, 6) is 0. The first kappa shape index (κ1) is 17.6. The molecule has 3 nitrogen and oxygen atoms in total. The Labute approximate surface area is 123 Å². The molecule has 1 aromatic heterocycles. The van der Waals surface area contributed by atoms with E-state index in [-0.39, 0.29) is 8.66 Å². The summed E-state index contributed by atoms with van der Waals surface area (Å²) < 4.78 is 102. The molecule has 0 amide bonds. The molecule has 0 saturated carbocycles. The number of hydrogen-bond acceptors (Lipinski definition) is 1. The van der Waals surface area contributed by atoms with Gasteiger partial charge in [-0.3, -0.25) is 4.33 Å². The van der Waals surface area contributed by atoms with Crippen molar-refractivity contribution in [3.05, 3.63) is 40.3 Å². The molecule has 1 heterocycles. The lowest BCUT2D eigenvalue weighted by Crippen LogP contribution is -2.42. The first-order valence-corrected chi connectivity index (χ1v) is 7.03. The SMILES string of the molecule is Cn1c(=O)n(-c2ccc(C(F)(F)F)cc2)p1C(F)(F)C(F)(F)F. The summed E-state index contributed by atoms with van der Waals surface area (Å²) in [5.41, 5.74) is -7.92. The van der Waals surface area contributed by atoms with Gasteiger partial charge < -0.3 is 0 Å². The van der Waals surface area contributed by atoms with Gasteiger partial charge in [0.1, 0.15) is 7.85 Å². The number of hydrogen-bond donors (Lipinski definition) is 0. The Morgan fingerprint density at radius 3 is 1.78 bits per heavy atom. The maximum Gasteiger partial charge on any atom is 0.464 e. The van der Waals surface area contributed by atoms with Crippen LogP contribution in [0.15, 0.2) is 29.1 Å². The van der Waals surface area contributed by atoms with E-state index in [1.165, 1.54) is 0 Å². The highest BCUT2D eigenvalue weighted by Gasteiger charge is 2.63. The topological polar surface area (TPSA) is 26.9 Å². The van der Waals surface area contributed by atoms with Crippen LogP contribution in [0.5, 0.6) is 0 Å². The van der Waals surface area contributed by atoms with Crippen LogP contribution in [-0.4, -0.2) is 14.8 Å². The van der Waals surface area contributed by atoms with Crippen LogP contribution in [-0.2, 0) is 18.9 Å². The molecule has 0 aliphatic carbocycles. The molecular weight excluding hydrogens is 359 g/mol. The van der Waals surface area contributed by atoms with Crippen molar-refractivity contribution >= 4 is 7.85 Å². The Morgan fingerprint density at radius 1 is 0.913 bits per heavy atom. The van der Waals surface area contributed by atoms with E-state index in [0.717, 1.165) is 7.05 Å². The van der Waals surface area contributed by atoms with Crippen LogP contribution in [0.1, 0.15) is 5.56 Å². The highest BCUT2D eigenvalue weighted by atomic mass is 31.1. The lowest BCUT2D eigenvalue weighted by atomic mass is 10.2.